The lowest BCUT2D eigenvalue weighted by Gasteiger charge is -2.27. The number of amides is 1. The van der Waals surface area contributed by atoms with E-state index >= 15 is 0 Å². The molecule has 4 atom stereocenters. The quantitative estimate of drug-likeness (QED) is 0.735. The molecule has 3 aliphatic rings. The monoisotopic (exact) mass is 475 g/mol. The van der Waals surface area contributed by atoms with E-state index in [-0.39, 0.29) is 23.4 Å². The molecule has 2 bridgehead atoms. The highest BCUT2D eigenvalue weighted by Crippen LogP contribution is 2.52. The normalized spacial score (nSPS) is 28.3. The SMILES string of the molecule is O=C(c1cn[nH]n1)N1C[C@@H]2[C@H](C1)[C@@H]1CC[C@H]2N1S(=O)(=O)c1cccc(Cl)c1C(F)(F)F. The third kappa shape index (κ3) is 3.06. The van der Waals surface area contributed by atoms with E-state index in [2.05, 4.69) is 15.4 Å². The zero-order chi connectivity index (χ0) is 22.1. The minimum Gasteiger partial charge on any atom is -0.336 e. The average Bonchev–Trinajstić information content (AvgIpc) is 3.47. The lowest BCUT2D eigenvalue weighted by Crippen LogP contribution is -2.41. The summed E-state index contributed by atoms with van der Waals surface area (Å²) in [6.45, 7) is 0.649. The van der Waals surface area contributed by atoms with E-state index in [1.165, 1.54) is 16.6 Å². The van der Waals surface area contributed by atoms with E-state index in [4.69, 9.17) is 11.6 Å². The molecular formula is C18H17ClF3N5O3S. The minimum absolute atomic E-state index is 0.141. The number of hydrogen-bond donors (Lipinski definition) is 1. The Morgan fingerprint density at radius 2 is 1.81 bits per heavy atom. The lowest BCUT2D eigenvalue weighted by molar-refractivity contribution is -0.139. The van der Waals surface area contributed by atoms with Gasteiger partial charge in [0.25, 0.3) is 5.91 Å². The highest BCUT2D eigenvalue weighted by molar-refractivity contribution is 7.89. The Bertz CT molecular complexity index is 1120. The largest absolute Gasteiger partial charge is 0.419 e. The highest BCUT2D eigenvalue weighted by Gasteiger charge is 2.61. The molecule has 1 aromatic carbocycles. The average molecular weight is 476 g/mol. The van der Waals surface area contributed by atoms with E-state index in [9.17, 15) is 26.4 Å². The summed E-state index contributed by atoms with van der Waals surface area (Å²) in [6, 6.07) is 2.27. The molecule has 8 nitrogen and oxygen atoms in total. The zero-order valence-corrected chi connectivity index (χ0v) is 17.5. The number of halogens is 4. The number of fused-ring (bicyclic) bond motifs is 5. The Labute approximate surface area is 180 Å². The van der Waals surface area contributed by atoms with Gasteiger partial charge in [-0.1, -0.05) is 17.7 Å². The van der Waals surface area contributed by atoms with Gasteiger partial charge >= 0.3 is 6.18 Å². The van der Waals surface area contributed by atoms with E-state index < -0.39 is 43.8 Å². The molecule has 3 fully saturated rings. The first-order valence-electron chi connectivity index (χ1n) is 9.65. The molecule has 0 unspecified atom stereocenters. The third-order valence-corrected chi connectivity index (χ3v) is 8.86. The zero-order valence-electron chi connectivity index (χ0n) is 15.9. The van der Waals surface area contributed by atoms with Crippen LogP contribution in [0.2, 0.25) is 5.02 Å². The number of hydrogen-bond acceptors (Lipinski definition) is 5. The van der Waals surface area contributed by atoms with Crippen molar-refractivity contribution in [1.29, 1.82) is 0 Å². The fourth-order valence-corrected chi connectivity index (χ4v) is 7.95. The fraction of sp³-hybridized carbons (Fsp3) is 0.500. The molecule has 3 saturated heterocycles. The van der Waals surface area contributed by atoms with Gasteiger partial charge in [0.2, 0.25) is 10.0 Å². The molecule has 5 rings (SSSR count). The first-order chi connectivity index (χ1) is 14.6. The fourth-order valence-electron chi connectivity index (χ4n) is 5.41. The molecule has 0 aliphatic carbocycles. The van der Waals surface area contributed by atoms with Crippen LogP contribution in [0.4, 0.5) is 13.2 Å². The number of aromatic amines is 1. The number of alkyl halides is 3. The number of carbonyl (C=O) groups is 1. The van der Waals surface area contributed by atoms with Gasteiger partial charge in [0.15, 0.2) is 5.69 Å². The summed E-state index contributed by atoms with van der Waals surface area (Å²) in [5.41, 5.74) is -1.17. The number of nitrogens with zero attached hydrogens (tertiary/aromatic N) is 4. The molecule has 1 amide bonds. The summed E-state index contributed by atoms with van der Waals surface area (Å²) >= 11 is 5.75. The predicted octanol–water partition coefficient (Wildman–Crippen LogP) is 2.40. The van der Waals surface area contributed by atoms with Gasteiger partial charge in [0.05, 0.1) is 21.7 Å². The molecule has 4 heterocycles. The molecule has 1 N–H and O–H groups in total. The van der Waals surface area contributed by atoms with Crippen LogP contribution in [0.5, 0.6) is 0 Å². The summed E-state index contributed by atoms with van der Waals surface area (Å²) in [7, 11) is -4.44. The summed E-state index contributed by atoms with van der Waals surface area (Å²) in [4.78, 5) is 13.4. The first kappa shape index (κ1) is 20.7. The molecule has 2 aromatic rings. The van der Waals surface area contributed by atoms with Crippen molar-refractivity contribution in [3.8, 4) is 0 Å². The van der Waals surface area contributed by atoms with E-state index in [1.807, 2.05) is 0 Å². The van der Waals surface area contributed by atoms with Crippen LogP contribution in [-0.2, 0) is 16.2 Å². The van der Waals surface area contributed by atoms with Gasteiger partial charge in [-0.3, -0.25) is 4.79 Å². The number of nitrogens with one attached hydrogen (secondary N) is 1. The smallest absolute Gasteiger partial charge is 0.336 e. The van der Waals surface area contributed by atoms with Crippen molar-refractivity contribution in [2.24, 2.45) is 11.8 Å². The Kier molecular flexibility index (Phi) is 4.61. The van der Waals surface area contributed by atoms with Crippen LogP contribution >= 0.6 is 11.6 Å². The lowest BCUT2D eigenvalue weighted by atomic mass is 9.82. The van der Waals surface area contributed by atoms with Crippen LogP contribution in [0, 0.1) is 11.8 Å². The standard InChI is InChI=1S/C18H17ClF3N5O3S/c19-11-2-1-3-15(16(11)18(20,21)22)31(29,30)27-13-4-5-14(27)10-8-26(7-9(10)13)17(28)12-6-23-25-24-12/h1-3,6,9-10,13-14H,4-5,7-8H2,(H,23,24,25)/t9-,10+,13-,14+. The van der Waals surface area contributed by atoms with Gasteiger partial charge < -0.3 is 4.90 Å². The van der Waals surface area contributed by atoms with Crippen LogP contribution in [-0.4, -0.2) is 64.1 Å². The maximum atomic E-state index is 13.6. The Hall–Kier alpha value is -2.18. The van der Waals surface area contributed by atoms with Crippen LogP contribution in [0.1, 0.15) is 28.9 Å². The number of H-pyrrole nitrogens is 1. The molecule has 0 saturated carbocycles. The number of benzene rings is 1. The van der Waals surface area contributed by atoms with Gasteiger partial charge in [-0.25, -0.2) is 8.42 Å². The molecule has 0 radical (unpaired) electrons. The van der Waals surface area contributed by atoms with Gasteiger partial charge in [0.1, 0.15) is 0 Å². The topological polar surface area (TPSA) is 99.3 Å². The second-order valence-corrected chi connectivity index (χ2v) is 10.3. The summed E-state index contributed by atoms with van der Waals surface area (Å²) in [6.07, 6.45) is -2.51. The van der Waals surface area contributed by atoms with Gasteiger partial charge in [-0.15, -0.1) is 0 Å². The van der Waals surface area contributed by atoms with Crippen LogP contribution in [0.15, 0.2) is 29.3 Å². The molecule has 166 valence electrons. The number of aromatic nitrogens is 3. The van der Waals surface area contributed by atoms with Crippen LogP contribution in [0.3, 0.4) is 0 Å². The molecule has 0 spiro atoms. The summed E-state index contributed by atoms with van der Waals surface area (Å²) in [5.74, 6) is -0.582. The highest BCUT2D eigenvalue weighted by atomic mass is 35.5. The van der Waals surface area contributed by atoms with Crippen molar-refractivity contribution in [1.82, 2.24) is 24.6 Å². The summed E-state index contributed by atoms with van der Waals surface area (Å²) in [5, 5.41) is 9.15. The number of rotatable bonds is 3. The van der Waals surface area contributed by atoms with Gasteiger partial charge in [-0.2, -0.15) is 32.9 Å². The number of carbonyl (C=O) groups excluding carboxylic acids is 1. The Morgan fingerprint density at radius 1 is 1.16 bits per heavy atom. The van der Waals surface area contributed by atoms with E-state index in [0.29, 0.717) is 25.9 Å². The summed E-state index contributed by atoms with van der Waals surface area (Å²) < 4.78 is 68.9. The van der Waals surface area contributed by atoms with Crippen molar-refractivity contribution in [2.75, 3.05) is 13.1 Å². The number of sulfonamides is 1. The van der Waals surface area contributed by atoms with Crippen molar-refractivity contribution in [3.63, 3.8) is 0 Å². The maximum Gasteiger partial charge on any atom is 0.419 e. The molecule has 1 aromatic heterocycles. The molecule has 13 heteroatoms. The second kappa shape index (κ2) is 6.91. The minimum atomic E-state index is -4.91. The van der Waals surface area contributed by atoms with Crippen molar-refractivity contribution in [3.05, 3.63) is 40.7 Å². The Morgan fingerprint density at radius 3 is 2.35 bits per heavy atom. The van der Waals surface area contributed by atoms with Crippen molar-refractivity contribution < 1.29 is 26.4 Å². The first-order valence-corrected chi connectivity index (χ1v) is 11.5. The van der Waals surface area contributed by atoms with Gasteiger partial charge in [-0.05, 0) is 36.8 Å². The third-order valence-electron chi connectivity index (χ3n) is 6.55. The number of likely N-dealkylation sites (tertiary alicyclic amines) is 1. The van der Waals surface area contributed by atoms with Gasteiger partial charge in [0, 0.05) is 25.2 Å². The predicted molar refractivity (Wildman–Crippen MR) is 102 cm³/mol. The maximum absolute atomic E-state index is 13.6. The molecular weight excluding hydrogens is 459 g/mol. The molecule has 31 heavy (non-hydrogen) atoms. The van der Waals surface area contributed by atoms with Crippen molar-refractivity contribution in [2.45, 2.75) is 36.0 Å². The van der Waals surface area contributed by atoms with Crippen molar-refractivity contribution >= 4 is 27.5 Å². The Balaban J connectivity index is 1.46. The second-order valence-electron chi connectivity index (χ2n) is 8.05. The molecule has 3 aliphatic heterocycles. The van der Waals surface area contributed by atoms with E-state index in [0.717, 1.165) is 12.1 Å². The van der Waals surface area contributed by atoms with Crippen LogP contribution < -0.4 is 0 Å². The van der Waals surface area contributed by atoms with E-state index in [1.54, 1.807) is 4.90 Å². The van der Waals surface area contributed by atoms with Crippen LogP contribution in [0.25, 0.3) is 0 Å².